The molecule has 19 nitrogen and oxygen atoms in total. The molecule has 508 valence electrons. The molecule has 5 N–H and O–H groups in total. The van der Waals surface area contributed by atoms with Gasteiger partial charge in [0.15, 0.2) is 0 Å². The van der Waals surface area contributed by atoms with E-state index in [9.17, 15) is 19.2 Å². The van der Waals surface area contributed by atoms with E-state index in [1.54, 1.807) is 51.3 Å². The van der Waals surface area contributed by atoms with Crippen molar-refractivity contribution in [1.82, 2.24) is 60.4 Å². The topological polar surface area (TPSA) is 201 Å². The first kappa shape index (κ1) is 75.0. The number of benzene rings is 4. The van der Waals surface area contributed by atoms with E-state index in [0.29, 0.717) is 56.6 Å². The molecule has 2 aliphatic heterocycles. The van der Waals surface area contributed by atoms with E-state index in [4.69, 9.17) is 59.0 Å². The van der Waals surface area contributed by atoms with Gasteiger partial charge in [-0.05, 0) is 98.3 Å². The predicted molar refractivity (Wildman–Crippen MR) is 365 cm³/mol. The fourth-order valence-corrected chi connectivity index (χ4v) is 10.7. The van der Waals surface area contributed by atoms with E-state index in [2.05, 4.69) is 43.3 Å². The minimum absolute atomic E-state index is 0.223. The highest BCUT2D eigenvalue weighted by Gasteiger charge is 2.44. The standard InChI is InChI=1S/C34H47FN6O3.C31H38Cl3FN4O4.C4H10N2/c1-33(2,3)29(30-38-28(26-15-11-8-12-16-26)24-40(30)22-25-13-9-7-10-14-25)41(32(43)39-19-17-36-18-20-39)23-27(35)21-37-31(42)44-34(4,5)6;1-29(2,3)25(39(28(41)43-31(32,33)34)19-23(35)17-36-27(40)42-30(4,5)6)26-37-24(22-15-11-8-12-16-22)20-38(26)18-21-13-9-7-10-14-21;1-2-6-4-3-5-1/h7-16,24,27,29,36H,17-23H2,1-6H3,(H,37,42);7-16,20,23,25H,17-19H2,1-6H3,(H,36,40);5-6H,1-4H2/t27-,29+;23-,25+;/m11./s1. The van der Waals surface area contributed by atoms with Crippen molar-refractivity contribution in [2.45, 2.75) is 136 Å². The predicted octanol–water partition coefficient (Wildman–Crippen LogP) is 13.4. The van der Waals surface area contributed by atoms with Crippen molar-refractivity contribution in [2.75, 3.05) is 78.5 Å². The number of alkyl halides is 5. The number of halogens is 5. The zero-order valence-corrected chi connectivity index (χ0v) is 58.1. The summed E-state index contributed by atoms with van der Waals surface area (Å²) in [5.41, 5.74) is 2.65. The van der Waals surface area contributed by atoms with E-state index < -0.39 is 81.8 Å². The van der Waals surface area contributed by atoms with Crippen LogP contribution >= 0.6 is 34.8 Å². The minimum atomic E-state index is -2.40. The Balaban J connectivity index is 0.000000270. The van der Waals surface area contributed by atoms with Crippen molar-refractivity contribution in [1.29, 1.82) is 0 Å². The lowest BCUT2D eigenvalue weighted by Crippen LogP contribution is -2.55. The molecule has 24 heteroatoms. The van der Waals surface area contributed by atoms with Gasteiger partial charge >= 0.3 is 28.3 Å². The van der Waals surface area contributed by atoms with Gasteiger partial charge in [0.25, 0.3) is 0 Å². The summed E-state index contributed by atoms with van der Waals surface area (Å²) < 4.78 is 48.6. The summed E-state index contributed by atoms with van der Waals surface area (Å²) in [6.07, 6.45) is -1.90. The van der Waals surface area contributed by atoms with Crippen LogP contribution in [-0.2, 0) is 27.3 Å². The van der Waals surface area contributed by atoms with E-state index >= 15 is 8.78 Å². The average molecular weight is 1350 g/mol. The quantitative estimate of drug-likeness (QED) is 0.0403. The largest absolute Gasteiger partial charge is 0.444 e. The van der Waals surface area contributed by atoms with Gasteiger partial charge < -0.3 is 59.7 Å². The maximum absolute atomic E-state index is 15.8. The highest BCUT2D eigenvalue weighted by molar-refractivity contribution is 6.66. The summed E-state index contributed by atoms with van der Waals surface area (Å²) in [5.74, 6) is 1.15. The molecule has 6 aromatic rings. The van der Waals surface area contributed by atoms with Crippen LogP contribution in [0.1, 0.15) is 118 Å². The van der Waals surface area contributed by atoms with Crippen molar-refractivity contribution in [3.05, 3.63) is 156 Å². The molecule has 93 heavy (non-hydrogen) atoms. The Labute approximate surface area is 562 Å². The monoisotopic (exact) mass is 1350 g/mol. The Hall–Kier alpha value is -7.01. The molecule has 0 spiro atoms. The molecule has 8 rings (SSSR count). The van der Waals surface area contributed by atoms with Crippen LogP contribution < -0.4 is 26.6 Å². The molecule has 4 atom stereocenters. The van der Waals surface area contributed by atoms with Gasteiger partial charge in [-0.2, -0.15) is 0 Å². The number of aromatic nitrogens is 4. The highest BCUT2D eigenvalue weighted by atomic mass is 35.6. The summed E-state index contributed by atoms with van der Waals surface area (Å²) in [5, 5.41) is 14.7. The van der Waals surface area contributed by atoms with E-state index in [1.807, 2.05) is 168 Å². The molecule has 5 amide bonds. The number of hydrogen-bond donors (Lipinski definition) is 5. The maximum atomic E-state index is 15.8. The number of urea groups is 1. The Kier molecular flexibility index (Phi) is 27.8. The van der Waals surface area contributed by atoms with Crippen LogP contribution in [0.3, 0.4) is 0 Å². The third-order valence-corrected chi connectivity index (χ3v) is 14.7. The Bertz CT molecular complexity index is 3240. The van der Waals surface area contributed by atoms with Crippen LogP contribution in [0.2, 0.25) is 0 Å². The lowest BCUT2D eigenvalue weighted by Gasteiger charge is -2.43. The van der Waals surface area contributed by atoms with Crippen LogP contribution in [0.4, 0.5) is 28.0 Å². The molecular weight excluding hydrogens is 1250 g/mol. The molecule has 4 aromatic carbocycles. The van der Waals surface area contributed by atoms with Crippen LogP contribution in [0.15, 0.2) is 134 Å². The van der Waals surface area contributed by atoms with Gasteiger partial charge in [-0.15, -0.1) is 0 Å². The van der Waals surface area contributed by atoms with E-state index in [-0.39, 0.29) is 19.1 Å². The zero-order chi connectivity index (χ0) is 68.2. The Morgan fingerprint density at radius 3 is 1.20 bits per heavy atom. The molecule has 0 aliphatic carbocycles. The highest BCUT2D eigenvalue weighted by Crippen LogP contribution is 2.42. The maximum Gasteiger partial charge on any atom is 0.414 e. The fourth-order valence-electron chi connectivity index (χ4n) is 10.5. The van der Waals surface area contributed by atoms with Crippen LogP contribution in [0.25, 0.3) is 22.5 Å². The molecule has 2 aliphatic rings. The van der Waals surface area contributed by atoms with Gasteiger partial charge in [0.05, 0.1) is 49.7 Å². The summed E-state index contributed by atoms with van der Waals surface area (Å²) >= 11 is 17.5. The second-order valence-corrected chi connectivity index (χ2v) is 29.2. The molecule has 0 saturated carbocycles. The number of nitrogens with zero attached hydrogens (tertiary/aromatic N) is 7. The number of rotatable bonds is 18. The third kappa shape index (κ3) is 25.3. The first-order valence-electron chi connectivity index (χ1n) is 31.5. The summed E-state index contributed by atoms with van der Waals surface area (Å²) in [6.45, 7) is 28.6. The number of imidazole rings is 2. The number of carbonyl (C=O) groups excluding carboxylic acids is 4. The minimum Gasteiger partial charge on any atom is -0.444 e. The first-order valence-corrected chi connectivity index (χ1v) is 32.7. The van der Waals surface area contributed by atoms with Crippen molar-refractivity contribution in [3.63, 3.8) is 0 Å². The molecule has 2 aromatic heterocycles. The van der Waals surface area contributed by atoms with Gasteiger partial charge in [-0.25, -0.2) is 37.9 Å². The Morgan fingerprint density at radius 2 is 0.860 bits per heavy atom. The second kappa shape index (κ2) is 34.4. The van der Waals surface area contributed by atoms with Crippen molar-refractivity contribution in [3.8, 4) is 22.5 Å². The molecule has 0 unspecified atom stereocenters. The lowest BCUT2D eigenvalue weighted by atomic mass is 9.84. The molecule has 2 fully saturated rings. The lowest BCUT2D eigenvalue weighted by molar-refractivity contribution is 0.0341. The zero-order valence-electron chi connectivity index (χ0n) is 55.8. The van der Waals surface area contributed by atoms with E-state index in [0.717, 1.165) is 59.0 Å². The first-order chi connectivity index (χ1) is 43.7. The average Bonchev–Trinajstić information content (AvgIpc) is 1.71. The third-order valence-electron chi connectivity index (χ3n) is 14.4. The number of ether oxygens (including phenoxy) is 3. The van der Waals surface area contributed by atoms with Crippen LogP contribution in [0, 0.1) is 10.8 Å². The Morgan fingerprint density at radius 1 is 0.516 bits per heavy atom. The van der Waals surface area contributed by atoms with Crippen molar-refractivity contribution in [2.24, 2.45) is 10.8 Å². The van der Waals surface area contributed by atoms with Crippen LogP contribution in [0.5, 0.6) is 0 Å². The number of alkyl carbamates (subject to hydrolysis) is 2. The smallest absolute Gasteiger partial charge is 0.414 e. The molecule has 0 radical (unpaired) electrons. The van der Waals surface area contributed by atoms with Crippen LogP contribution in [-0.4, -0.2) is 164 Å². The normalized spacial score (nSPS) is 15.1. The van der Waals surface area contributed by atoms with Crippen molar-refractivity contribution < 1.29 is 42.2 Å². The molecule has 4 heterocycles. The molecular formula is C69H95Cl3F2N12O7. The summed E-state index contributed by atoms with van der Waals surface area (Å²) in [7, 11) is 0. The second-order valence-electron chi connectivity index (χ2n) is 27.1. The fraction of sp³-hybridized carbons (Fsp3) is 0.507. The van der Waals surface area contributed by atoms with Gasteiger partial charge in [0.2, 0.25) is 0 Å². The van der Waals surface area contributed by atoms with Gasteiger partial charge in [0.1, 0.15) is 35.2 Å². The van der Waals surface area contributed by atoms with Gasteiger partial charge in [0, 0.05) is 89.0 Å². The van der Waals surface area contributed by atoms with Gasteiger partial charge in [-0.3, -0.25) is 4.90 Å². The molecule has 0 bridgehead atoms. The number of amides is 5. The van der Waals surface area contributed by atoms with Crippen molar-refractivity contribution >= 4 is 59.1 Å². The summed E-state index contributed by atoms with van der Waals surface area (Å²) in [4.78, 5) is 66.9. The van der Waals surface area contributed by atoms with Gasteiger partial charge in [-0.1, -0.05) is 163 Å². The summed E-state index contributed by atoms with van der Waals surface area (Å²) in [6, 6.07) is 37.7. The molecule has 2 saturated heterocycles. The number of nitrogens with one attached hydrogen (secondary N) is 5. The SMILES string of the molecule is C1CNCCN1.CC(C)(C)OC(=O)NC[C@@H](F)CN(C(=O)N1CCNCC1)[C@@H](c1nc(-c2ccccc2)cn1Cc1ccccc1)C(C)(C)C.CC(C)(C)OC(=O)NC[C@@H](F)CN(C(=O)OC(Cl)(Cl)Cl)[C@@H](c1nc(-c2ccccc2)cn1Cc1ccccc1)C(C)(C)C. The number of hydrogen-bond acceptors (Lipinski definition) is 12. The van der Waals surface area contributed by atoms with E-state index in [1.165, 1.54) is 0 Å². The number of carbonyl (C=O) groups is 4. The number of piperazine rings is 2.